The third-order valence-corrected chi connectivity index (χ3v) is 4.26. The summed E-state index contributed by atoms with van der Waals surface area (Å²) >= 11 is 5.35. The summed E-state index contributed by atoms with van der Waals surface area (Å²) in [4.78, 5) is 3.15. The number of nitrogens with one attached hydrogen (secondary N) is 2. The Bertz CT molecular complexity index is 801. The molecule has 1 aromatic carbocycles. The molecule has 0 bridgehead atoms. The van der Waals surface area contributed by atoms with Gasteiger partial charge in [0.05, 0.1) is 17.3 Å². The Morgan fingerprint density at radius 3 is 2.65 bits per heavy atom. The van der Waals surface area contributed by atoms with Crippen LogP contribution in [0.4, 0.5) is 0 Å². The van der Waals surface area contributed by atoms with E-state index < -0.39 is 15.6 Å². The highest BCUT2D eigenvalue weighted by Gasteiger charge is 2.24. The molecule has 0 saturated heterocycles. The zero-order valence-corrected chi connectivity index (χ0v) is 13.7. The minimum absolute atomic E-state index is 0.462. The van der Waals surface area contributed by atoms with E-state index in [1.165, 1.54) is 0 Å². The lowest BCUT2D eigenvalue weighted by atomic mass is 10.1. The highest BCUT2D eigenvalue weighted by Crippen LogP contribution is 2.20. The van der Waals surface area contributed by atoms with E-state index in [1.54, 1.807) is 0 Å². The molecule has 0 spiro atoms. The molecule has 7 heteroatoms. The fourth-order valence-electron chi connectivity index (χ4n) is 2.48. The molecule has 0 radical (unpaired) electrons. The van der Waals surface area contributed by atoms with Gasteiger partial charge in [0, 0.05) is 12.1 Å². The summed E-state index contributed by atoms with van der Waals surface area (Å²) in [5, 5.41) is 0. The van der Waals surface area contributed by atoms with Gasteiger partial charge in [-0.1, -0.05) is 12.1 Å². The first-order chi connectivity index (χ1) is 9.09. The Labute approximate surface area is 124 Å². The number of H-pyrrole nitrogens is 1. The molecule has 1 heterocycles. The summed E-state index contributed by atoms with van der Waals surface area (Å²) in [6.07, 6.45) is 1.16. The van der Waals surface area contributed by atoms with E-state index in [-0.39, 0.29) is 0 Å². The van der Waals surface area contributed by atoms with Gasteiger partial charge in [0.25, 0.3) is 0 Å². The van der Waals surface area contributed by atoms with Crippen LogP contribution in [0, 0.1) is 11.7 Å². The van der Waals surface area contributed by atoms with E-state index in [1.807, 2.05) is 43.5 Å². The molecule has 5 nitrogen and oxygen atoms in total. The van der Waals surface area contributed by atoms with Gasteiger partial charge < -0.3 is 9.55 Å². The van der Waals surface area contributed by atoms with Crippen LogP contribution in [0.2, 0.25) is 0 Å². The van der Waals surface area contributed by atoms with Gasteiger partial charge in [-0.15, -0.1) is 0 Å². The minimum atomic E-state index is -3.27. The van der Waals surface area contributed by atoms with Crippen LogP contribution in [0.3, 0.4) is 0 Å². The molecule has 0 aliphatic heterocycles. The van der Waals surface area contributed by atoms with Crippen LogP contribution in [0.5, 0.6) is 0 Å². The second kappa shape index (κ2) is 4.98. The van der Waals surface area contributed by atoms with Crippen molar-refractivity contribution >= 4 is 33.3 Å². The van der Waals surface area contributed by atoms with Crippen LogP contribution in [0.1, 0.15) is 19.4 Å². The lowest BCUT2D eigenvalue weighted by Crippen LogP contribution is -2.46. The Morgan fingerprint density at radius 2 is 2.05 bits per heavy atom. The van der Waals surface area contributed by atoms with E-state index in [4.69, 9.17) is 12.2 Å². The topological polar surface area (TPSA) is 66.9 Å². The summed E-state index contributed by atoms with van der Waals surface area (Å²) in [5.74, 6) is 0. The van der Waals surface area contributed by atoms with Gasteiger partial charge in [0.15, 0.2) is 4.77 Å². The third kappa shape index (κ3) is 3.28. The van der Waals surface area contributed by atoms with Crippen molar-refractivity contribution in [3.05, 3.63) is 28.5 Å². The maximum atomic E-state index is 11.4. The number of hydrogen-bond acceptors (Lipinski definition) is 3. The van der Waals surface area contributed by atoms with Gasteiger partial charge in [-0.25, -0.2) is 13.1 Å². The van der Waals surface area contributed by atoms with Crippen LogP contribution in [0.25, 0.3) is 11.0 Å². The van der Waals surface area contributed by atoms with Crippen LogP contribution in [0.15, 0.2) is 18.2 Å². The molecule has 2 aromatic rings. The van der Waals surface area contributed by atoms with Gasteiger partial charge in [0.1, 0.15) is 0 Å². The van der Waals surface area contributed by atoms with Gasteiger partial charge in [0.2, 0.25) is 10.0 Å². The van der Waals surface area contributed by atoms with Gasteiger partial charge in [-0.3, -0.25) is 0 Å². The average Bonchev–Trinajstić information content (AvgIpc) is 2.52. The third-order valence-electron chi connectivity index (χ3n) is 3.01. The lowest BCUT2D eigenvalue weighted by molar-refractivity contribution is 0.394. The predicted octanol–water partition coefficient (Wildman–Crippen LogP) is 2.34. The zero-order chi connectivity index (χ0) is 15.1. The standard InChI is InChI=1S/C13H19N3O2S2/c1-9-6-5-7-10-11(9)16(12(19)14-10)8-13(2,3)15-20(4,17)18/h5-7,15H,8H2,1-4H3,(H,14,19). The number of hydrogen-bond donors (Lipinski definition) is 2. The Hall–Kier alpha value is -1.18. The van der Waals surface area contributed by atoms with Crippen molar-refractivity contribution in [1.82, 2.24) is 14.3 Å². The second-order valence-electron chi connectivity index (χ2n) is 5.75. The highest BCUT2D eigenvalue weighted by atomic mass is 32.2. The first-order valence-electron chi connectivity index (χ1n) is 6.26. The molecule has 0 unspecified atom stereocenters. The quantitative estimate of drug-likeness (QED) is 0.851. The molecule has 20 heavy (non-hydrogen) atoms. The van der Waals surface area contributed by atoms with Crippen molar-refractivity contribution < 1.29 is 8.42 Å². The fourth-order valence-corrected chi connectivity index (χ4v) is 3.82. The Morgan fingerprint density at radius 1 is 1.40 bits per heavy atom. The summed E-state index contributed by atoms with van der Waals surface area (Å²) in [6, 6.07) is 5.94. The first-order valence-corrected chi connectivity index (χ1v) is 8.56. The Kier molecular flexibility index (Phi) is 3.79. The van der Waals surface area contributed by atoms with Gasteiger partial charge >= 0.3 is 0 Å². The van der Waals surface area contributed by atoms with E-state index in [0.29, 0.717) is 11.3 Å². The average molecular weight is 313 g/mol. The van der Waals surface area contributed by atoms with Crippen LogP contribution in [-0.4, -0.2) is 29.8 Å². The molecule has 1 aromatic heterocycles. The molecule has 0 fully saturated rings. The van der Waals surface area contributed by atoms with E-state index in [2.05, 4.69) is 9.71 Å². The maximum Gasteiger partial charge on any atom is 0.209 e. The molecule has 0 amide bonds. The van der Waals surface area contributed by atoms with Crippen molar-refractivity contribution in [3.8, 4) is 0 Å². The number of rotatable bonds is 4. The van der Waals surface area contributed by atoms with Crippen LogP contribution in [-0.2, 0) is 16.6 Å². The fraction of sp³-hybridized carbons (Fsp3) is 0.462. The van der Waals surface area contributed by atoms with Crippen LogP contribution >= 0.6 is 12.2 Å². The summed E-state index contributed by atoms with van der Waals surface area (Å²) in [6.45, 7) is 6.15. The molecule has 2 N–H and O–H groups in total. The van der Waals surface area contributed by atoms with Crippen molar-refractivity contribution in [3.63, 3.8) is 0 Å². The van der Waals surface area contributed by atoms with Crippen LogP contribution < -0.4 is 4.72 Å². The van der Waals surface area contributed by atoms with E-state index in [0.717, 1.165) is 22.9 Å². The van der Waals surface area contributed by atoms with Gasteiger partial charge in [-0.2, -0.15) is 0 Å². The van der Waals surface area contributed by atoms with Crippen molar-refractivity contribution in [2.75, 3.05) is 6.26 Å². The number of aromatic amines is 1. The van der Waals surface area contributed by atoms with E-state index >= 15 is 0 Å². The largest absolute Gasteiger partial charge is 0.331 e. The number of sulfonamides is 1. The van der Waals surface area contributed by atoms with Crippen molar-refractivity contribution in [2.24, 2.45) is 0 Å². The maximum absolute atomic E-state index is 11.4. The number of fused-ring (bicyclic) bond motifs is 1. The predicted molar refractivity (Wildman–Crippen MR) is 83.9 cm³/mol. The number of para-hydroxylation sites is 1. The normalized spacial score (nSPS) is 13.0. The molecule has 0 saturated carbocycles. The SMILES string of the molecule is Cc1cccc2[nH]c(=S)n(CC(C)(C)NS(C)(=O)=O)c12. The molecular formula is C13H19N3O2S2. The summed E-state index contributed by atoms with van der Waals surface area (Å²) in [7, 11) is -3.27. The highest BCUT2D eigenvalue weighted by molar-refractivity contribution is 7.88. The Balaban J connectivity index is 2.49. The lowest BCUT2D eigenvalue weighted by Gasteiger charge is -2.26. The molecule has 0 aliphatic rings. The second-order valence-corrected chi connectivity index (χ2v) is 7.88. The zero-order valence-electron chi connectivity index (χ0n) is 12.0. The monoisotopic (exact) mass is 313 g/mol. The molecule has 110 valence electrons. The van der Waals surface area contributed by atoms with Crippen molar-refractivity contribution in [2.45, 2.75) is 32.9 Å². The summed E-state index contributed by atoms with van der Waals surface area (Å²) in [5.41, 5.74) is 2.46. The molecule has 2 rings (SSSR count). The van der Waals surface area contributed by atoms with E-state index in [9.17, 15) is 8.42 Å². The minimum Gasteiger partial charge on any atom is -0.331 e. The summed E-state index contributed by atoms with van der Waals surface area (Å²) < 4.78 is 28.0. The molecule has 0 aliphatic carbocycles. The number of imidazole rings is 1. The smallest absolute Gasteiger partial charge is 0.209 e. The molecular weight excluding hydrogens is 294 g/mol. The van der Waals surface area contributed by atoms with Gasteiger partial charge in [-0.05, 0) is 44.6 Å². The first kappa shape index (κ1) is 15.2. The van der Waals surface area contributed by atoms with Crippen molar-refractivity contribution in [1.29, 1.82) is 0 Å². The number of benzene rings is 1. The number of nitrogens with zero attached hydrogens (tertiary/aromatic N) is 1. The molecule has 0 atom stereocenters. The number of aryl methyl sites for hydroxylation is 1. The number of aromatic nitrogens is 2.